The standard InChI is InChI=1S/C22H23N5O4S2/c1-12-17-20(30-3)25-16(11-29-2)26-21(17)33-18(12)19(28)23-13-4-5-14-15(10-13)32-22(24-14)27-6-8-31-9-7-27/h4-5,10H,6-9,11H2,1-3H3,(H,23,28). The van der Waals surface area contributed by atoms with Gasteiger partial charge in [-0.2, -0.15) is 4.98 Å². The van der Waals surface area contributed by atoms with Crippen molar-refractivity contribution < 1.29 is 19.0 Å². The number of hydrogen-bond donors (Lipinski definition) is 1. The van der Waals surface area contributed by atoms with E-state index in [0.717, 1.165) is 45.1 Å². The number of methoxy groups -OCH3 is 2. The first-order chi connectivity index (χ1) is 16.1. The van der Waals surface area contributed by atoms with Crippen molar-refractivity contribution in [2.24, 2.45) is 0 Å². The van der Waals surface area contributed by atoms with E-state index in [2.05, 4.69) is 20.2 Å². The highest BCUT2D eigenvalue weighted by Gasteiger charge is 2.22. The van der Waals surface area contributed by atoms with Crippen molar-refractivity contribution in [1.29, 1.82) is 0 Å². The van der Waals surface area contributed by atoms with Crippen LogP contribution in [0.2, 0.25) is 0 Å². The van der Waals surface area contributed by atoms with Crippen LogP contribution in [0.1, 0.15) is 21.1 Å². The second-order valence-corrected chi connectivity index (χ2v) is 9.56. The predicted molar refractivity (Wildman–Crippen MR) is 130 cm³/mol. The van der Waals surface area contributed by atoms with E-state index in [1.165, 1.54) is 11.3 Å². The van der Waals surface area contributed by atoms with Crippen LogP contribution in [0.3, 0.4) is 0 Å². The van der Waals surface area contributed by atoms with Crippen LogP contribution in [0.5, 0.6) is 5.88 Å². The number of thiophene rings is 1. The maximum Gasteiger partial charge on any atom is 0.266 e. The van der Waals surface area contributed by atoms with Crippen molar-refractivity contribution in [3.8, 4) is 5.88 Å². The Morgan fingerprint density at radius 3 is 2.76 bits per heavy atom. The maximum atomic E-state index is 13.2. The molecular weight excluding hydrogens is 462 g/mol. The minimum Gasteiger partial charge on any atom is -0.480 e. The quantitative estimate of drug-likeness (QED) is 0.440. The van der Waals surface area contributed by atoms with Gasteiger partial charge >= 0.3 is 0 Å². The molecule has 1 amide bonds. The molecule has 0 radical (unpaired) electrons. The third-order valence-electron chi connectivity index (χ3n) is 5.39. The van der Waals surface area contributed by atoms with Gasteiger partial charge in [0.2, 0.25) is 5.88 Å². The number of nitrogens with one attached hydrogen (secondary N) is 1. The van der Waals surface area contributed by atoms with Gasteiger partial charge in [0.25, 0.3) is 5.91 Å². The second-order valence-electron chi connectivity index (χ2n) is 7.55. The van der Waals surface area contributed by atoms with Crippen molar-refractivity contribution in [3.63, 3.8) is 0 Å². The number of benzene rings is 1. The lowest BCUT2D eigenvalue weighted by Crippen LogP contribution is -2.36. The average molecular weight is 486 g/mol. The van der Waals surface area contributed by atoms with Crippen molar-refractivity contribution in [3.05, 3.63) is 34.5 Å². The Morgan fingerprint density at radius 2 is 2.00 bits per heavy atom. The number of rotatable bonds is 6. The summed E-state index contributed by atoms with van der Waals surface area (Å²) in [6.45, 7) is 5.27. The fraction of sp³-hybridized carbons (Fsp3) is 0.364. The Kier molecular flexibility index (Phi) is 6.11. The van der Waals surface area contributed by atoms with Gasteiger partial charge in [-0.1, -0.05) is 11.3 Å². The molecule has 0 bridgehead atoms. The first-order valence-electron chi connectivity index (χ1n) is 10.4. The van der Waals surface area contributed by atoms with Gasteiger partial charge < -0.3 is 24.4 Å². The Bertz CT molecular complexity index is 1330. The van der Waals surface area contributed by atoms with Gasteiger partial charge in [-0.3, -0.25) is 4.79 Å². The van der Waals surface area contributed by atoms with E-state index >= 15 is 0 Å². The number of carbonyl (C=O) groups is 1. The van der Waals surface area contributed by atoms with Crippen LogP contribution in [-0.4, -0.2) is 61.4 Å². The Labute approximate surface area is 198 Å². The number of ether oxygens (including phenoxy) is 3. The van der Waals surface area contributed by atoms with Crippen molar-refractivity contribution in [2.45, 2.75) is 13.5 Å². The van der Waals surface area contributed by atoms with E-state index in [4.69, 9.17) is 19.2 Å². The number of hydrogen-bond acceptors (Lipinski definition) is 10. The minimum absolute atomic E-state index is 0.192. The molecule has 0 spiro atoms. The first-order valence-corrected chi connectivity index (χ1v) is 12.1. The molecule has 11 heteroatoms. The molecule has 1 aliphatic heterocycles. The molecule has 1 aromatic carbocycles. The fourth-order valence-corrected chi connectivity index (χ4v) is 5.91. The predicted octanol–water partition coefficient (Wildman–Crippen LogP) is 3.85. The summed E-state index contributed by atoms with van der Waals surface area (Å²) in [6, 6.07) is 5.78. The highest BCUT2D eigenvalue weighted by molar-refractivity contribution is 7.22. The number of carbonyl (C=O) groups excluding carboxylic acids is 1. The van der Waals surface area contributed by atoms with Gasteiger partial charge in [-0.15, -0.1) is 11.3 Å². The topological polar surface area (TPSA) is 98.7 Å². The zero-order valence-electron chi connectivity index (χ0n) is 18.5. The number of aryl methyl sites for hydroxylation is 1. The zero-order valence-corrected chi connectivity index (χ0v) is 20.1. The van der Waals surface area contributed by atoms with Gasteiger partial charge in [0.1, 0.15) is 11.4 Å². The zero-order chi connectivity index (χ0) is 22.9. The summed E-state index contributed by atoms with van der Waals surface area (Å²) in [5, 5.41) is 4.75. The van der Waals surface area contributed by atoms with Crippen LogP contribution < -0.4 is 15.0 Å². The van der Waals surface area contributed by atoms with E-state index in [0.29, 0.717) is 34.6 Å². The molecule has 0 saturated carbocycles. The molecular formula is C22H23N5O4S2. The fourth-order valence-electron chi connectivity index (χ4n) is 3.77. The monoisotopic (exact) mass is 485 g/mol. The van der Waals surface area contributed by atoms with E-state index in [1.54, 1.807) is 25.6 Å². The van der Waals surface area contributed by atoms with E-state index in [9.17, 15) is 4.79 Å². The minimum atomic E-state index is -0.192. The van der Waals surface area contributed by atoms with E-state index in [1.807, 2.05) is 25.1 Å². The van der Waals surface area contributed by atoms with Crippen LogP contribution in [0, 0.1) is 6.92 Å². The third kappa shape index (κ3) is 4.24. The smallest absolute Gasteiger partial charge is 0.266 e. The number of nitrogens with zero attached hydrogens (tertiary/aromatic N) is 4. The maximum absolute atomic E-state index is 13.2. The van der Waals surface area contributed by atoms with Gasteiger partial charge in [0, 0.05) is 25.9 Å². The lowest BCUT2D eigenvalue weighted by Gasteiger charge is -2.25. The summed E-state index contributed by atoms with van der Waals surface area (Å²) in [4.78, 5) is 30.3. The van der Waals surface area contributed by atoms with Gasteiger partial charge in [0.15, 0.2) is 11.0 Å². The highest BCUT2D eigenvalue weighted by Crippen LogP contribution is 2.36. The van der Waals surface area contributed by atoms with E-state index < -0.39 is 0 Å². The summed E-state index contributed by atoms with van der Waals surface area (Å²) in [7, 11) is 3.15. The SMILES string of the molecule is COCc1nc(OC)c2c(C)c(C(=O)Nc3ccc4nc(N5CCOCC5)sc4c3)sc2n1. The van der Waals surface area contributed by atoms with E-state index in [-0.39, 0.29) is 12.5 Å². The molecule has 4 heterocycles. The van der Waals surface area contributed by atoms with Crippen molar-refractivity contribution in [1.82, 2.24) is 15.0 Å². The summed E-state index contributed by atoms with van der Waals surface area (Å²) < 4.78 is 17.1. The largest absolute Gasteiger partial charge is 0.480 e. The van der Waals surface area contributed by atoms with Gasteiger partial charge in [0.05, 0.1) is 40.8 Å². The number of amides is 1. The second kappa shape index (κ2) is 9.18. The van der Waals surface area contributed by atoms with Crippen LogP contribution in [0.4, 0.5) is 10.8 Å². The number of anilines is 2. The molecule has 0 unspecified atom stereocenters. The number of aromatic nitrogens is 3. The lowest BCUT2D eigenvalue weighted by atomic mass is 10.2. The lowest BCUT2D eigenvalue weighted by molar-refractivity contribution is 0.103. The summed E-state index contributed by atoms with van der Waals surface area (Å²) in [5.41, 5.74) is 2.43. The van der Waals surface area contributed by atoms with Crippen LogP contribution in [0.15, 0.2) is 18.2 Å². The Hall–Kier alpha value is -2.86. The first kappa shape index (κ1) is 22.0. The molecule has 1 fully saturated rings. The van der Waals surface area contributed by atoms with Gasteiger partial charge in [-0.25, -0.2) is 9.97 Å². The van der Waals surface area contributed by atoms with Gasteiger partial charge in [-0.05, 0) is 30.7 Å². The summed E-state index contributed by atoms with van der Waals surface area (Å²) >= 11 is 2.94. The van der Waals surface area contributed by atoms with Crippen molar-refractivity contribution >= 4 is 59.8 Å². The molecule has 33 heavy (non-hydrogen) atoms. The van der Waals surface area contributed by atoms with Crippen molar-refractivity contribution in [2.75, 3.05) is 50.7 Å². The normalized spacial score (nSPS) is 14.2. The molecule has 0 aliphatic carbocycles. The molecule has 3 aromatic heterocycles. The molecule has 1 aliphatic rings. The summed E-state index contributed by atoms with van der Waals surface area (Å²) in [5.74, 6) is 0.770. The molecule has 4 aromatic rings. The highest BCUT2D eigenvalue weighted by atomic mass is 32.1. The molecule has 5 rings (SSSR count). The third-order valence-corrected chi connectivity index (χ3v) is 7.66. The summed E-state index contributed by atoms with van der Waals surface area (Å²) in [6.07, 6.45) is 0. The number of morpholine rings is 1. The molecule has 1 N–H and O–H groups in total. The molecule has 1 saturated heterocycles. The Morgan fingerprint density at radius 1 is 1.18 bits per heavy atom. The van der Waals surface area contributed by atoms with Crippen LogP contribution in [-0.2, 0) is 16.1 Å². The number of fused-ring (bicyclic) bond motifs is 2. The number of thiazole rings is 1. The molecule has 0 atom stereocenters. The molecule has 9 nitrogen and oxygen atoms in total. The van der Waals surface area contributed by atoms with Crippen LogP contribution >= 0.6 is 22.7 Å². The average Bonchev–Trinajstić information content (AvgIpc) is 3.40. The van der Waals surface area contributed by atoms with Crippen LogP contribution in [0.25, 0.3) is 20.4 Å². The molecule has 172 valence electrons. The Balaban J connectivity index is 1.42.